The first-order valence-electron chi connectivity index (χ1n) is 9.56. The molecule has 1 amide bonds. The number of aromatic nitrogens is 3. The highest BCUT2D eigenvalue weighted by Crippen LogP contribution is 2.28. The third kappa shape index (κ3) is 5.33. The van der Waals surface area contributed by atoms with Crippen LogP contribution in [0.5, 0.6) is 0 Å². The number of carbonyl (C=O) groups is 2. The molecule has 0 saturated heterocycles. The van der Waals surface area contributed by atoms with Crippen LogP contribution in [0.25, 0.3) is 11.4 Å². The Balaban J connectivity index is 1.66. The molecule has 2 aromatic heterocycles. The normalized spacial score (nSPS) is 10.9. The average Bonchev–Trinajstić information content (AvgIpc) is 3.33. The van der Waals surface area contributed by atoms with Crippen LogP contribution >= 0.6 is 23.1 Å². The highest BCUT2D eigenvalue weighted by molar-refractivity contribution is 7.99. The molecule has 0 spiro atoms. The second-order valence-electron chi connectivity index (χ2n) is 6.58. The summed E-state index contributed by atoms with van der Waals surface area (Å²) in [7, 11) is 0. The predicted octanol–water partition coefficient (Wildman–Crippen LogP) is 4.91. The summed E-state index contributed by atoms with van der Waals surface area (Å²) in [5, 5.41) is 14.3. The molecular formula is C21H24N4O2S2. The van der Waals surface area contributed by atoms with E-state index < -0.39 is 0 Å². The maximum atomic E-state index is 12.3. The van der Waals surface area contributed by atoms with Gasteiger partial charge in [-0.3, -0.25) is 9.59 Å². The van der Waals surface area contributed by atoms with Crippen LogP contribution in [0.4, 0.5) is 5.69 Å². The Morgan fingerprint density at radius 2 is 2.03 bits per heavy atom. The lowest BCUT2D eigenvalue weighted by atomic mass is 10.1. The number of nitrogens with one attached hydrogen (secondary N) is 1. The fourth-order valence-corrected chi connectivity index (χ4v) is 4.68. The number of benzene rings is 1. The van der Waals surface area contributed by atoms with Crippen molar-refractivity contribution in [1.29, 1.82) is 0 Å². The molecule has 3 aromatic rings. The topological polar surface area (TPSA) is 76.9 Å². The molecule has 0 fully saturated rings. The lowest BCUT2D eigenvalue weighted by Crippen LogP contribution is -2.15. The Hall–Kier alpha value is -2.45. The van der Waals surface area contributed by atoms with Crippen molar-refractivity contribution >= 4 is 40.5 Å². The summed E-state index contributed by atoms with van der Waals surface area (Å²) in [5.41, 5.74) is 2.26. The number of anilines is 1. The Labute approximate surface area is 178 Å². The van der Waals surface area contributed by atoms with Gasteiger partial charge < -0.3 is 9.88 Å². The molecule has 29 heavy (non-hydrogen) atoms. The van der Waals surface area contributed by atoms with Gasteiger partial charge >= 0.3 is 0 Å². The smallest absolute Gasteiger partial charge is 0.234 e. The van der Waals surface area contributed by atoms with Crippen molar-refractivity contribution in [2.45, 2.75) is 45.3 Å². The molecule has 0 aliphatic carbocycles. The SMILES string of the molecule is CCCc1cc(-c2nnc(SCC(=O)Nc3cccc(C(C)=O)c3)n2CC)cs1. The summed E-state index contributed by atoms with van der Waals surface area (Å²) < 4.78 is 2.03. The minimum Gasteiger partial charge on any atom is -0.325 e. The van der Waals surface area contributed by atoms with Crippen LogP contribution in [-0.4, -0.2) is 32.2 Å². The van der Waals surface area contributed by atoms with Crippen LogP contribution in [0.3, 0.4) is 0 Å². The number of rotatable bonds is 9. The number of Topliss-reactive ketones (excluding diaryl/α,β-unsaturated/α-hetero) is 1. The zero-order valence-electron chi connectivity index (χ0n) is 16.8. The molecule has 1 N–H and O–H groups in total. The van der Waals surface area contributed by atoms with E-state index in [0.29, 0.717) is 11.3 Å². The van der Waals surface area contributed by atoms with E-state index in [4.69, 9.17) is 0 Å². The minimum absolute atomic E-state index is 0.0328. The van der Waals surface area contributed by atoms with Gasteiger partial charge in [0, 0.05) is 33.6 Å². The van der Waals surface area contributed by atoms with E-state index in [2.05, 4.69) is 33.9 Å². The molecule has 8 heteroatoms. The first kappa shape index (κ1) is 21.3. The van der Waals surface area contributed by atoms with Crippen molar-refractivity contribution in [2.24, 2.45) is 0 Å². The fraction of sp³-hybridized carbons (Fsp3) is 0.333. The Bertz CT molecular complexity index is 1010. The molecule has 2 heterocycles. The van der Waals surface area contributed by atoms with E-state index in [-0.39, 0.29) is 17.4 Å². The molecule has 0 atom stereocenters. The number of nitrogens with zero attached hydrogens (tertiary/aromatic N) is 3. The summed E-state index contributed by atoms with van der Waals surface area (Å²) in [4.78, 5) is 25.2. The van der Waals surface area contributed by atoms with Gasteiger partial charge in [-0.15, -0.1) is 21.5 Å². The molecule has 0 bridgehead atoms. The Morgan fingerprint density at radius 3 is 2.76 bits per heavy atom. The highest BCUT2D eigenvalue weighted by atomic mass is 32.2. The molecular weight excluding hydrogens is 404 g/mol. The number of carbonyl (C=O) groups excluding carboxylic acids is 2. The number of thioether (sulfide) groups is 1. The molecule has 0 radical (unpaired) electrons. The van der Waals surface area contributed by atoms with Gasteiger partial charge in [0.05, 0.1) is 5.75 Å². The highest BCUT2D eigenvalue weighted by Gasteiger charge is 2.16. The number of hydrogen-bond donors (Lipinski definition) is 1. The summed E-state index contributed by atoms with van der Waals surface area (Å²) in [5.74, 6) is 0.870. The first-order valence-corrected chi connectivity index (χ1v) is 11.4. The van der Waals surface area contributed by atoms with Crippen molar-refractivity contribution in [1.82, 2.24) is 14.8 Å². The van der Waals surface area contributed by atoms with Gasteiger partial charge in [0.25, 0.3) is 0 Å². The molecule has 0 aliphatic heterocycles. The number of ketones is 1. The monoisotopic (exact) mass is 428 g/mol. The van der Waals surface area contributed by atoms with E-state index >= 15 is 0 Å². The molecule has 3 rings (SSSR count). The maximum absolute atomic E-state index is 12.3. The lowest BCUT2D eigenvalue weighted by Gasteiger charge is -2.08. The second-order valence-corrected chi connectivity index (χ2v) is 8.51. The summed E-state index contributed by atoms with van der Waals surface area (Å²) in [6.07, 6.45) is 2.18. The predicted molar refractivity (Wildman–Crippen MR) is 119 cm³/mol. The van der Waals surface area contributed by atoms with Gasteiger partial charge in [-0.25, -0.2) is 0 Å². The number of hydrogen-bond acceptors (Lipinski definition) is 6. The van der Waals surface area contributed by atoms with E-state index in [1.54, 1.807) is 35.6 Å². The van der Waals surface area contributed by atoms with E-state index in [0.717, 1.165) is 35.9 Å². The molecule has 0 aliphatic rings. The van der Waals surface area contributed by atoms with Crippen molar-refractivity contribution in [3.63, 3.8) is 0 Å². The lowest BCUT2D eigenvalue weighted by molar-refractivity contribution is -0.113. The molecule has 0 unspecified atom stereocenters. The number of aryl methyl sites for hydroxylation is 1. The Kier molecular flexibility index (Phi) is 7.22. The van der Waals surface area contributed by atoms with Crippen molar-refractivity contribution in [3.8, 4) is 11.4 Å². The van der Waals surface area contributed by atoms with Crippen LogP contribution < -0.4 is 5.32 Å². The zero-order valence-corrected chi connectivity index (χ0v) is 18.4. The van der Waals surface area contributed by atoms with Crippen molar-refractivity contribution in [3.05, 3.63) is 46.2 Å². The van der Waals surface area contributed by atoms with Gasteiger partial charge in [0.15, 0.2) is 16.8 Å². The zero-order chi connectivity index (χ0) is 20.8. The van der Waals surface area contributed by atoms with Gasteiger partial charge in [0.2, 0.25) is 5.91 Å². The molecule has 1 aromatic carbocycles. The molecule has 0 saturated carbocycles. The summed E-state index contributed by atoms with van der Waals surface area (Å²) >= 11 is 3.10. The largest absolute Gasteiger partial charge is 0.325 e. The van der Waals surface area contributed by atoms with Gasteiger partial charge in [0.1, 0.15) is 0 Å². The maximum Gasteiger partial charge on any atom is 0.234 e. The quantitative estimate of drug-likeness (QED) is 0.387. The summed E-state index contributed by atoms with van der Waals surface area (Å²) in [6.45, 7) is 6.45. The van der Waals surface area contributed by atoms with Gasteiger partial charge in [-0.05, 0) is 38.5 Å². The minimum atomic E-state index is -0.149. The number of amides is 1. The fourth-order valence-electron chi connectivity index (χ4n) is 2.91. The van der Waals surface area contributed by atoms with E-state index in [1.807, 2.05) is 11.5 Å². The van der Waals surface area contributed by atoms with Crippen LogP contribution in [0.15, 0.2) is 40.9 Å². The third-order valence-corrected chi connectivity index (χ3v) is 6.29. The van der Waals surface area contributed by atoms with Crippen molar-refractivity contribution in [2.75, 3.05) is 11.1 Å². The molecule has 6 nitrogen and oxygen atoms in total. The average molecular weight is 429 g/mol. The van der Waals surface area contributed by atoms with Crippen molar-refractivity contribution < 1.29 is 9.59 Å². The van der Waals surface area contributed by atoms with E-state index in [1.165, 1.54) is 23.6 Å². The van der Waals surface area contributed by atoms with Crippen LogP contribution in [0, 0.1) is 0 Å². The van der Waals surface area contributed by atoms with Gasteiger partial charge in [-0.2, -0.15) is 0 Å². The van der Waals surface area contributed by atoms with Crippen LogP contribution in [0.2, 0.25) is 0 Å². The van der Waals surface area contributed by atoms with Crippen LogP contribution in [-0.2, 0) is 17.8 Å². The number of thiophene rings is 1. The standard InChI is InChI=1S/C21H24N4O2S2/c1-4-7-18-11-16(12-28-18)20-23-24-21(25(20)5-2)29-13-19(27)22-17-9-6-8-15(10-17)14(3)26/h6,8-12H,4-5,7,13H2,1-3H3,(H,22,27). The molecule has 152 valence electrons. The second kappa shape index (κ2) is 9.84. The van der Waals surface area contributed by atoms with Gasteiger partial charge in [-0.1, -0.05) is 37.2 Å². The summed E-state index contributed by atoms with van der Waals surface area (Å²) in [6, 6.07) is 9.11. The third-order valence-electron chi connectivity index (χ3n) is 4.33. The Morgan fingerprint density at radius 1 is 1.21 bits per heavy atom. The van der Waals surface area contributed by atoms with E-state index in [9.17, 15) is 9.59 Å². The first-order chi connectivity index (χ1) is 14.0. The van der Waals surface area contributed by atoms with Crippen LogP contribution in [0.1, 0.15) is 42.4 Å².